The molecule has 4 heterocycles. The highest BCUT2D eigenvalue weighted by atomic mass is 32.1. The van der Waals surface area contributed by atoms with Crippen LogP contribution in [-0.2, 0) is 52.7 Å². The van der Waals surface area contributed by atoms with Gasteiger partial charge in [0.1, 0.15) is 36.5 Å². The van der Waals surface area contributed by atoms with Gasteiger partial charge >= 0.3 is 12.2 Å². The van der Waals surface area contributed by atoms with Gasteiger partial charge in [0, 0.05) is 41.5 Å². The van der Waals surface area contributed by atoms with Gasteiger partial charge in [-0.1, -0.05) is 99.2 Å². The predicted molar refractivity (Wildman–Crippen MR) is 254 cm³/mol. The van der Waals surface area contributed by atoms with E-state index in [0.29, 0.717) is 20.9 Å². The number of ether oxygens (including phenoxy) is 2. The Morgan fingerprint density at radius 2 is 1.12 bits per heavy atom. The number of allylic oxidation sites excluding steroid dienone is 2. The van der Waals surface area contributed by atoms with Gasteiger partial charge in [-0.2, -0.15) is 20.3 Å². The number of nitrogens with zero attached hydrogens (tertiary/aromatic N) is 4. The second kappa shape index (κ2) is 17.4. The number of amides is 6. The molecule has 0 bridgehead atoms. The number of carbonyl (C=O) groups is 6. The molecule has 0 radical (unpaired) electrons. The van der Waals surface area contributed by atoms with Gasteiger partial charge in [-0.05, 0) is 108 Å². The topological polar surface area (TPSA) is 175 Å². The Labute approximate surface area is 400 Å². The molecule has 6 aliphatic rings. The molecule has 2 saturated carbocycles. The molecule has 12 nitrogen and oxygen atoms in total. The lowest BCUT2D eigenvalue weighted by atomic mass is 9.61. The highest BCUT2D eigenvalue weighted by Crippen LogP contribution is 2.67. The standard InChI is InChI=1S/C54H44N4O8S2/c1-31-37(47(59)57(49(61)39(31)27-55)51(63)65-29-33-15-7-3-8-16-33)23-35-24-42-43(53(35)19-11-5-12-20-53)44-46(68-42)45-41(54(44)21-13-6-14-22-54)26-36(67-45)25-38-32(2)40(28-56)50(62)58(48(38)60)52(64)66-30-34-17-9-4-10-18-34/h3-4,7-10,15-18,23-26H,5-6,11-14,19-22,29-30H2,1-2H3/b37-23+,38-25+. The van der Waals surface area contributed by atoms with Crippen molar-refractivity contribution in [3.63, 3.8) is 0 Å². The molecule has 0 unspecified atom stereocenters. The summed E-state index contributed by atoms with van der Waals surface area (Å²) >= 11 is 3.26. The van der Waals surface area contributed by atoms with Crippen LogP contribution >= 0.6 is 22.7 Å². The Morgan fingerprint density at radius 1 is 0.632 bits per heavy atom. The molecule has 68 heavy (non-hydrogen) atoms. The fourth-order valence-electron chi connectivity index (χ4n) is 11.1. The van der Waals surface area contributed by atoms with Crippen molar-refractivity contribution in [1.82, 2.24) is 9.80 Å². The second-order valence-corrected chi connectivity index (χ2v) is 20.3. The number of thiophene rings is 2. The summed E-state index contributed by atoms with van der Waals surface area (Å²) in [6.45, 7) is 2.81. The zero-order chi connectivity index (χ0) is 47.5. The van der Waals surface area contributed by atoms with Crippen LogP contribution < -0.4 is 0 Å². The number of fused-ring (bicyclic) bond motifs is 8. The van der Waals surface area contributed by atoms with E-state index < -0.39 is 41.2 Å². The monoisotopic (exact) mass is 940 g/mol. The Balaban J connectivity index is 1.03. The third-order valence-corrected chi connectivity index (χ3v) is 16.8. The predicted octanol–water partition coefficient (Wildman–Crippen LogP) is 11.0. The molecule has 2 aromatic carbocycles. The van der Waals surface area contributed by atoms with Crippen LogP contribution in [0, 0.1) is 22.7 Å². The molecule has 6 amide bonds. The van der Waals surface area contributed by atoms with Crippen molar-refractivity contribution in [3.8, 4) is 21.9 Å². The van der Waals surface area contributed by atoms with E-state index in [4.69, 9.17) is 9.47 Å². The van der Waals surface area contributed by atoms with Gasteiger partial charge in [0.25, 0.3) is 23.6 Å². The van der Waals surface area contributed by atoms with E-state index in [2.05, 4.69) is 12.1 Å². The molecule has 340 valence electrons. The van der Waals surface area contributed by atoms with Crippen LogP contribution in [0.25, 0.3) is 21.9 Å². The molecular formula is C54H44N4O8S2. The van der Waals surface area contributed by atoms with Crippen LogP contribution in [-0.4, -0.2) is 45.6 Å². The normalized spacial score (nSPS) is 20.4. The van der Waals surface area contributed by atoms with Gasteiger partial charge in [0.2, 0.25) is 0 Å². The molecule has 0 atom stereocenters. The van der Waals surface area contributed by atoms with Crippen molar-refractivity contribution >= 4 is 70.6 Å². The number of hydrogen-bond donors (Lipinski definition) is 0. The Kier molecular flexibility index (Phi) is 11.4. The maximum absolute atomic E-state index is 14.4. The van der Waals surface area contributed by atoms with E-state index >= 15 is 0 Å². The van der Waals surface area contributed by atoms with E-state index in [0.717, 1.165) is 84.4 Å². The van der Waals surface area contributed by atoms with Crippen LogP contribution in [0.1, 0.15) is 116 Å². The third-order valence-electron chi connectivity index (χ3n) is 14.5. The van der Waals surface area contributed by atoms with E-state index in [1.54, 1.807) is 91.1 Å². The first-order chi connectivity index (χ1) is 32.9. The highest BCUT2D eigenvalue weighted by Gasteiger charge is 2.55. The summed E-state index contributed by atoms with van der Waals surface area (Å²) in [5.41, 5.74) is 5.24. The van der Waals surface area contributed by atoms with Crippen molar-refractivity contribution in [2.45, 2.75) is 102 Å². The summed E-state index contributed by atoms with van der Waals surface area (Å²) in [5.74, 6) is -3.71. The lowest BCUT2D eigenvalue weighted by Gasteiger charge is -2.42. The Hall–Kier alpha value is -7.26. The van der Waals surface area contributed by atoms with Crippen molar-refractivity contribution in [1.29, 1.82) is 10.5 Å². The van der Waals surface area contributed by atoms with Crippen LogP contribution in [0.4, 0.5) is 9.59 Å². The van der Waals surface area contributed by atoms with Crippen molar-refractivity contribution in [2.24, 2.45) is 0 Å². The fraction of sp³-hybridized carbons (Fsp3) is 0.296. The van der Waals surface area contributed by atoms with E-state index in [9.17, 15) is 39.3 Å². The summed E-state index contributed by atoms with van der Waals surface area (Å²) < 4.78 is 10.9. The number of hydrogen-bond acceptors (Lipinski definition) is 12. The van der Waals surface area contributed by atoms with Crippen LogP contribution in [0.15, 0.2) is 112 Å². The molecule has 0 N–H and O–H groups in total. The van der Waals surface area contributed by atoms with E-state index in [1.165, 1.54) is 21.6 Å². The molecule has 2 fully saturated rings. The zero-order valence-electron chi connectivity index (χ0n) is 37.4. The first-order valence-corrected chi connectivity index (χ1v) is 24.5. The largest absolute Gasteiger partial charge is 0.444 e. The zero-order valence-corrected chi connectivity index (χ0v) is 39.1. The molecule has 0 saturated heterocycles. The molecule has 2 spiro atoms. The second-order valence-electron chi connectivity index (χ2n) is 18.1. The van der Waals surface area contributed by atoms with Gasteiger partial charge in [0.15, 0.2) is 0 Å². The number of benzene rings is 2. The smallest absolute Gasteiger partial charge is 0.424 e. The van der Waals surface area contributed by atoms with Crippen LogP contribution in [0.5, 0.6) is 0 Å². The lowest BCUT2D eigenvalue weighted by Crippen LogP contribution is -2.47. The SMILES string of the molecule is CC1=C(C#N)C(=O)N(C(=O)OCc2ccccc2)C(=O)/C1=C/C1=Cc2sc3c(c2C12CCCCC2)C1(CCCCC1)c1cc(/C=C2/C(=O)N(C(=O)OCc4ccccc4)C(=O)C(C#N)=C2C)sc1-3. The van der Waals surface area contributed by atoms with Gasteiger partial charge in [0.05, 0.1) is 0 Å². The molecular weight excluding hydrogens is 897 g/mol. The molecule has 14 heteroatoms. The lowest BCUT2D eigenvalue weighted by molar-refractivity contribution is -0.140. The molecule has 4 aromatic rings. The summed E-state index contributed by atoms with van der Waals surface area (Å²) in [7, 11) is 0. The summed E-state index contributed by atoms with van der Waals surface area (Å²) in [6, 6.07) is 23.8. The summed E-state index contributed by atoms with van der Waals surface area (Å²) in [4.78, 5) is 87.3. The Bertz CT molecular complexity index is 3140. The van der Waals surface area contributed by atoms with Gasteiger partial charge < -0.3 is 9.47 Å². The summed E-state index contributed by atoms with van der Waals surface area (Å²) in [5, 5.41) is 20.3. The fourth-order valence-corrected chi connectivity index (χ4v) is 13.9. The van der Waals surface area contributed by atoms with Gasteiger partial charge in [-0.3, -0.25) is 19.2 Å². The minimum absolute atomic E-state index is 0.0666. The first-order valence-electron chi connectivity index (χ1n) is 22.8. The number of carbonyl (C=O) groups excluding carboxylic acids is 6. The van der Waals surface area contributed by atoms with Gasteiger partial charge in [-0.25, -0.2) is 9.59 Å². The molecule has 2 aliphatic heterocycles. The van der Waals surface area contributed by atoms with E-state index in [1.807, 2.05) is 30.3 Å². The third kappa shape index (κ3) is 7.04. The molecule has 10 rings (SSSR count). The van der Waals surface area contributed by atoms with Crippen molar-refractivity contribution in [2.75, 3.05) is 0 Å². The molecule has 2 aromatic heterocycles. The maximum Gasteiger partial charge on any atom is 0.424 e. The van der Waals surface area contributed by atoms with Crippen LogP contribution in [0.3, 0.4) is 0 Å². The quantitative estimate of drug-likeness (QED) is 0.134. The minimum Gasteiger partial charge on any atom is -0.444 e. The summed E-state index contributed by atoms with van der Waals surface area (Å²) in [6.07, 6.45) is 13.0. The van der Waals surface area contributed by atoms with Crippen LogP contribution in [0.2, 0.25) is 0 Å². The average Bonchev–Trinajstić information content (AvgIpc) is 4.07. The van der Waals surface area contributed by atoms with Crippen molar-refractivity contribution < 1.29 is 38.2 Å². The first kappa shape index (κ1) is 44.6. The highest BCUT2D eigenvalue weighted by molar-refractivity contribution is 7.23. The Morgan fingerprint density at radius 3 is 1.62 bits per heavy atom. The number of imide groups is 6. The average molecular weight is 941 g/mol. The number of nitriles is 2. The maximum atomic E-state index is 14.4. The van der Waals surface area contributed by atoms with E-state index in [-0.39, 0.29) is 52.1 Å². The minimum atomic E-state index is -1.15. The van der Waals surface area contributed by atoms with Crippen molar-refractivity contribution in [3.05, 3.63) is 149 Å². The van der Waals surface area contributed by atoms with Gasteiger partial charge in [-0.15, -0.1) is 22.7 Å². The number of rotatable bonds is 6. The molecule has 4 aliphatic carbocycles.